The lowest BCUT2D eigenvalue weighted by Gasteiger charge is -2.09. The minimum absolute atomic E-state index is 0.119. The highest BCUT2D eigenvalue weighted by atomic mass is 35.5. The Labute approximate surface area is 198 Å². The minimum atomic E-state index is -0.413. The molecule has 0 bridgehead atoms. The first-order valence-electron chi connectivity index (χ1n) is 9.97. The highest BCUT2D eigenvalue weighted by molar-refractivity contribution is 7.99. The van der Waals surface area contributed by atoms with Gasteiger partial charge in [-0.2, -0.15) is 0 Å². The number of hydrogen-bond donors (Lipinski definition) is 1. The Morgan fingerprint density at radius 2 is 2.22 bits per heavy atom. The van der Waals surface area contributed by atoms with Crippen LogP contribution in [0.3, 0.4) is 0 Å². The van der Waals surface area contributed by atoms with Gasteiger partial charge in [0.15, 0.2) is 11.0 Å². The first-order valence-corrected chi connectivity index (χ1v) is 12.1. The number of rotatable bonds is 8. The van der Waals surface area contributed by atoms with Crippen molar-refractivity contribution in [2.24, 2.45) is 0 Å². The summed E-state index contributed by atoms with van der Waals surface area (Å²) in [5.74, 6) is 0.133. The summed E-state index contributed by atoms with van der Waals surface area (Å²) in [6.07, 6.45) is 4.52. The van der Waals surface area contributed by atoms with Gasteiger partial charge in [0.05, 0.1) is 18.4 Å². The van der Waals surface area contributed by atoms with E-state index in [1.165, 1.54) is 30.2 Å². The summed E-state index contributed by atoms with van der Waals surface area (Å²) in [7, 11) is 1.35. The number of thioether (sulfide) groups is 1. The number of allylic oxidation sites excluding steroid dienone is 1. The van der Waals surface area contributed by atoms with Crippen LogP contribution in [0.4, 0.5) is 5.00 Å². The van der Waals surface area contributed by atoms with Crippen molar-refractivity contribution < 1.29 is 14.3 Å². The summed E-state index contributed by atoms with van der Waals surface area (Å²) < 4.78 is 6.82. The van der Waals surface area contributed by atoms with Crippen LogP contribution in [0.15, 0.2) is 42.1 Å². The lowest BCUT2D eigenvalue weighted by Crippen LogP contribution is -2.16. The summed E-state index contributed by atoms with van der Waals surface area (Å²) >= 11 is 8.84. The molecule has 0 radical (unpaired) electrons. The number of nitrogens with zero attached hydrogens (tertiary/aromatic N) is 3. The van der Waals surface area contributed by atoms with E-state index in [4.69, 9.17) is 16.3 Å². The van der Waals surface area contributed by atoms with Gasteiger partial charge in [-0.15, -0.1) is 28.1 Å². The fraction of sp³-hybridized carbons (Fsp3) is 0.273. The van der Waals surface area contributed by atoms with Crippen LogP contribution in [0.1, 0.15) is 27.2 Å². The van der Waals surface area contributed by atoms with E-state index in [2.05, 4.69) is 22.1 Å². The van der Waals surface area contributed by atoms with Crippen molar-refractivity contribution in [3.63, 3.8) is 0 Å². The SMILES string of the molecule is C=CCn1c(SCC(=O)Nc2sc3c(c2C(=O)OC)CCC3)nnc1-c1cccc(Cl)c1. The van der Waals surface area contributed by atoms with Crippen LogP contribution in [-0.4, -0.2) is 39.5 Å². The van der Waals surface area contributed by atoms with E-state index in [1.807, 2.05) is 22.8 Å². The molecule has 3 aromatic rings. The second-order valence-corrected chi connectivity index (χ2v) is 9.59. The van der Waals surface area contributed by atoms with Crippen molar-refractivity contribution in [2.45, 2.75) is 31.0 Å². The Morgan fingerprint density at radius 1 is 1.38 bits per heavy atom. The number of halogens is 1. The van der Waals surface area contributed by atoms with Crippen molar-refractivity contribution in [1.82, 2.24) is 14.8 Å². The molecular weight excluding hydrogens is 468 g/mol. The monoisotopic (exact) mass is 488 g/mol. The molecule has 1 aliphatic rings. The average Bonchev–Trinajstić information content (AvgIpc) is 3.47. The molecule has 2 heterocycles. The molecule has 2 aromatic heterocycles. The molecule has 4 rings (SSSR count). The van der Waals surface area contributed by atoms with Gasteiger partial charge in [-0.1, -0.05) is 41.6 Å². The van der Waals surface area contributed by atoms with Gasteiger partial charge < -0.3 is 10.1 Å². The third kappa shape index (κ3) is 4.60. The Balaban J connectivity index is 1.49. The molecule has 7 nitrogen and oxygen atoms in total. The number of aromatic nitrogens is 3. The molecule has 0 atom stereocenters. The van der Waals surface area contributed by atoms with Gasteiger partial charge in [-0.05, 0) is 37.0 Å². The zero-order chi connectivity index (χ0) is 22.7. The first-order chi connectivity index (χ1) is 15.5. The maximum absolute atomic E-state index is 12.7. The Morgan fingerprint density at radius 3 is 2.97 bits per heavy atom. The maximum atomic E-state index is 12.7. The predicted molar refractivity (Wildman–Crippen MR) is 128 cm³/mol. The molecule has 0 saturated carbocycles. The number of methoxy groups -OCH3 is 1. The number of fused-ring (bicyclic) bond motifs is 1. The van der Waals surface area contributed by atoms with Crippen molar-refractivity contribution in [3.05, 3.63) is 57.9 Å². The van der Waals surface area contributed by atoms with Gasteiger partial charge >= 0.3 is 5.97 Å². The smallest absolute Gasteiger partial charge is 0.341 e. The summed E-state index contributed by atoms with van der Waals surface area (Å²) in [6, 6.07) is 7.36. The van der Waals surface area contributed by atoms with Crippen LogP contribution < -0.4 is 5.32 Å². The van der Waals surface area contributed by atoms with Crippen LogP contribution in [0.25, 0.3) is 11.4 Å². The van der Waals surface area contributed by atoms with Crippen molar-refractivity contribution >= 4 is 51.6 Å². The highest BCUT2D eigenvalue weighted by Gasteiger charge is 2.28. The van der Waals surface area contributed by atoms with Gasteiger partial charge in [0.25, 0.3) is 0 Å². The molecule has 1 aliphatic carbocycles. The van der Waals surface area contributed by atoms with E-state index in [0.717, 1.165) is 35.3 Å². The molecule has 1 amide bonds. The Kier molecular flexibility index (Phi) is 6.98. The van der Waals surface area contributed by atoms with E-state index >= 15 is 0 Å². The lowest BCUT2D eigenvalue weighted by molar-refractivity contribution is -0.113. The number of ether oxygens (including phenoxy) is 1. The molecular formula is C22H21ClN4O3S2. The number of benzene rings is 1. The molecule has 0 aliphatic heterocycles. The number of hydrogen-bond acceptors (Lipinski definition) is 7. The molecule has 166 valence electrons. The summed E-state index contributed by atoms with van der Waals surface area (Å²) in [5, 5.41) is 13.2. The molecule has 0 fully saturated rings. The number of carbonyl (C=O) groups excluding carboxylic acids is 2. The number of nitrogens with one attached hydrogen (secondary N) is 1. The van der Waals surface area contributed by atoms with Gasteiger partial charge in [-0.25, -0.2) is 4.79 Å². The number of esters is 1. The third-order valence-electron chi connectivity index (χ3n) is 5.01. The molecule has 1 N–H and O–H groups in total. The van der Waals surface area contributed by atoms with E-state index < -0.39 is 5.97 Å². The minimum Gasteiger partial charge on any atom is -0.465 e. The second-order valence-electron chi connectivity index (χ2n) is 7.11. The molecule has 10 heteroatoms. The normalized spacial score (nSPS) is 12.4. The zero-order valence-electron chi connectivity index (χ0n) is 17.4. The van der Waals surface area contributed by atoms with Crippen molar-refractivity contribution in [2.75, 3.05) is 18.2 Å². The average molecular weight is 489 g/mol. The Bertz CT molecular complexity index is 1190. The van der Waals surface area contributed by atoms with Crippen LogP contribution in [0, 0.1) is 0 Å². The van der Waals surface area contributed by atoms with Gasteiger partial charge in [0, 0.05) is 22.0 Å². The summed E-state index contributed by atoms with van der Waals surface area (Å²) in [4.78, 5) is 26.1. The lowest BCUT2D eigenvalue weighted by atomic mass is 10.1. The number of anilines is 1. The number of amides is 1. The van der Waals surface area contributed by atoms with Gasteiger partial charge in [0.2, 0.25) is 5.91 Å². The van der Waals surface area contributed by atoms with Gasteiger partial charge in [-0.3, -0.25) is 9.36 Å². The van der Waals surface area contributed by atoms with E-state index in [9.17, 15) is 9.59 Å². The predicted octanol–water partition coefficient (Wildman–Crippen LogP) is 4.85. The fourth-order valence-electron chi connectivity index (χ4n) is 3.63. The zero-order valence-corrected chi connectivity index (χ0v) is 19.8. The van der Waals surface area contributed by atoms with E-state index in [0.29, 0.717) is 33.1 Å². The van der Waals surface area contributed by atoms with E-state index in [-0.39, 0.29) is 11.7 Å². The molecule has 1 aromatic carbocycles. The molecule has 0 spiro atoms. The highest BCUT2D eigenvalue weighted by Crippen LogP contribution is 2.39. The largest absolute Gasteiger partial charge is 0.465 e. The molecule has 0 saturated heterocycles. The van der Waals surface area contributed by atoms with Gasteiger partial charge in [0.1, 0.15) is 5.00 Å². The summed E-state index contributed by atoms with van der Waals surface area (Å²) in [6.45, 7) is 4.29. The topological polar surface area (TPSA) is 86.1 Å². The quantitative estimate of drug-likeness (QED) is 0.277. The van der Waals surface area contributed by atoms with Crippen molar-refractivity contribution in [1.29, 1.82) is 0 Å². The number of thiophene rings is 1. The number of aryl methyl sites for hydroxylation is 1. The van der Waals surface area contributed by atoms with Crippen LogP contribution >= 0.6 is 34.7 Å². The van der Waals surface area contributed by atoms with Crippen LogP contribution in [0.2, 0.25) is 5.02 Å². The maximum Gasteiger partial charge on any atom is 0.341 e. The molecule has 0 unspecified atom stereocenters. The summed E-state index contributed by atoms with van der Waals surface area (Å²) in [5.41, 5.74) is 2.32. The molecule has 32 heavy (non-hydrogen) atoms. The van der Waals surface area contributed by atoms with Crippen LogP contribution in [0.5, 0.6) is 0 Å². The standard InChI is InChI=1S/C22H21ClN4O3S2/c1-3-10-27-19(13-6-4-7-14(23)11-13)25-26-22(27)31-12-17(28)24-20-18(21(29)30-2)15-8-5-9-16(15)32-20/h3-4,6-7,11H,1,5,8-10,12H2,2H3,(H,24,28). The number of carbonyl (C=O) groups is 2. The second kappa shape index (κ2) is 9.89. The first kappa shape index (κ1) is 22.6. The van der Waals surface area contributed by atoms with Crippen LogP contribution in [-0.2, 0) is 28.9 Å². The fourth-order valence-corrected chi connectivity index (χ4v) is 5.87. The Hall–Kier alpha value is -2.62. The van der Waals surface area contributed by atoms with Crippen molar-refractivity contribution in [3.8, 4) is 11.4 Å². The van der Waals surface area contributed by atoms with E-state index in [1.54, 1.807) is 12.1 Å². The third-order valence-corrected chi connectivity index (χ3v) is 7.42.